The molecule has 7 nitrogen and oxygen atoms in total. The number of nitrogens with zero attached hydrogens (tertiary/aromatic N) is 2. The third-order valence-corrected chi connectivity index (χ3v) is 3.62. The van der Waals surface area contributed by atoms with Crippen LogP contribution in [0.3, 0.4) is 0 Å². The van der Waals surface area contributed by atoms with Gasteiger partial charge < -0.3 is 11.1 Å². The van der Waals surface area contributed by atoms with Crippen molar-refractivity contribution >= 4 is 34.8 Å². The first-order chi connectivity index (χ1) is 11.0. The highest BCUT2D eigenvalue weighted by Gasteiger charge is 2.12. The maximum Gasteiger partial charge on any atom is 0.271 e. The second-order valence-electron chi connectivity index (χ2n) is 5.00. The Balaban J connectivity index is 2.07. The highest BCUT2D eigenvalue weighted by Crippen LogP contribution is 2.23. The number of rotatable bonds is 6. The van der Waals surface area contributed by atoms with Crippen LogP contribution < -0.4 is 21.9 Å². The molecule has 0 bridgehead atoms. The summed E-state index contributed by atoms with van der Waals surface area (Å²) < 4.78 is 0. The molecule has 0 spiro atoms. The average Bonchev–Trinajstić information content (AvgIpc) is 2.55. The molecule has 8 heteroatoms. The number of anilines is 3. The largest absolute Gasteiger partial charge is 0.393 e. The number of nitrogens with one attached hydrogen (secondary N) is 3. The zero-order chi connectivity index (χ0) is 16.8. The van der Waals surface area contributed by atoms with Crippen molar-refractivity contribution in [2.45, 2.75) is 26.3 Å². The lowest BCUT2D eigenvalue weighted by Gasteiger charge is -2.16. The monoisotopic (exact) mass is 334 g/mol. The Hall–Kier alpha value is -2.54. The van der Waals surface area contributed by atoms with Crippen LogP contribution in [0.25, 0.3) is 0 Å². The molecular weight excluding hydrogens is 316 g/mol. The van der Waals surface area contributed by atoms with E-state index in [0.717, 1.165) is 6.42 Å². The summed E-state index contributed by atoms with van der Waals surface area (Å²) in [5.74, 6) is 0.445. The molecule has 1 atom stereocenters. The number of benzene rings is 1. The van der Waals surface area contributed by atoms with E-state index in [9.17, 15) is 4.79 Å². The van der Waals surface area contributed by atoms with Gasteiger partial charge in [-0.25, -0.2) is 9.97 Å². The molecule has 0 aliphatic heterocycles. The topological polar surface area (TPSA) is 105 Å². The normalized spacial score (nSPS) is 11.6. The molecule has 23 heavy (non-hydrogen) atoms. The number of hydrazine groups is 1. The van der Waals surface area contributed by atoms with Gasteiger partial charge in [0.2, 0.25) is 0 Å². The number of nitrogen functional groups attached to an aromatic ring is 1. The quantitative estimate of drug-likeness (QED) is 0.605. The molecule has 5 N–H and O–H groups in total. The fourth-order valence-corrected chi connectivity index (χ4v) is 2.00. The summed E-state index contributed by atoms with van der Waals surface area (Å²) in [6.45, 7) is 4.08. The van der Waals surface area contributed by atoms with Gasteiger partial charge in [-0.3, -0.25) is 15.6 Å². The number of carbonyl (C=O) groups excluding carboxylic acids is 1. The Bertz CT molecular complexity index is 693. The minimum absolute atomic E-state index is 0.220. The number of halogens is 1. The highest BCUT2D eigenvalue weighted by atomic mass is 35.5. The third-order valence-electron chi connectivity index (χ3n) is 3.29. The van der Waals surface area contributed by atoms with E-state index in [1.54, 1.807) is 24.3 Å². The van der Waals surface area contributed by atoms with Crippen molar-refractivity contribution in [3.05, 3.63) is 41.2 Å². The lowest BCUT2D eigenvalue weighted by molar-refractivity contribution is 0.0962. The minimum Gasteiger partial charge on any atom is -0.393 e. The van der Waals surface area contributed by atoms with Gasteiger partial charge in [0.15, 0.2) is 11.6 Å². The van der Waals surface area contributed by atoms with Crippen molar-refractivity contribution in [3.63, 3.8) is 0 Å². The number of nitrogens with two attached hydrogens (primary N) is 1. The van der Waals surface area contributed by atoms with E-state index in [1.807, 2.05) is 6.92 Å². The highest BCUT2D eigenvalue weighted by molar-refractivity contribution is 6.33. The second kappa shape index (κ2) is 7.64. The van der Waals surface area contributed by atoms with Crippen molar-refractivity contribution < 1.29 is 4.79 Å². The van der Waals surface area contributed by atoms with Crippen LogP contribution in [0.2, 0.25) is 5.02 Å². The lowest BCUT2D eigenvalue weighted by Crippen LogP contribution is -2.30. The zero-order valence-corrected chi connectivity index (χ0v) is 13.7. The Morgan fingerprint density at radius 1 is 1.30 bits per heavy atom. The van der Waals surface area contributed by atoms with Gasteiger partial charge in [-0.2, -0.15) is 0 Å². The van der Waals surface area contributed by atoms with E-state index in [1.165, 1.54) is 6.33 Å². The fraction of sp³-hybridized carbons (Fsp3) is 0.267. The van der Waals surface area contributed by atoms with Gasteiger partial charge >= 0.3 is 0 Å². The van der Waals surface area contributed by atoms with Crippen molar-refractivity contribution in [2.75, 3.05) is 16.5 Å². The van der Waals surface area contributed by atoms with Gasteiger partial charge in [-0.15, -0.1) is 0 Å². The van der Waals surface area contributed by atoms with Crippen LogP contribution in [0.5, 0.6) is 0 Å². The molecule has 0 fully saturated rings. The molecule has 0 radical (unpaired) electrons. The molecule has 0 aliphatic rings. The van der Waals surface area contributed by atoms with Crippen molar-refractivity contribution in [1.29, 1.82) is 0 Å². The van der Waals surface area contributed by atoms with Crippen LogP contribution in [0.4, 0.5) is 17.3 Å². The molecule has 0 aliphatic carbocycles. The van der Waals surface area contributed by atoms with Crippen LogP contribution in [-0.2, 0) is 0 Å². The van der Waals surface area contributed by atoms with E-state index in [2.05, 4.69) is 33.1 Å². The molecule has 2 rings (SSSR count). The molecule has 1 unspecified atom stereocenters. The van der Waals surface area contributed by atoms with Crippen LogP contribution >= 0.6 is 11.6 Å². The Labute approximate surface area is 139 Å². The lowest BCUT2D eigenvalue weighted by atomic mass is 10.2. The first kappa shape index (κ1) is 16.8. The van der Waals surface area contributed by atoms with E-state index < -0.39 is 0 Å². The first-order valence-corrected chi connectivity index (χ1v) is 7.58. The van der Waals surface area contributed by atoms with Crippen LogP contribution in [-0.4, -0.2) is 21.9 Å². The molecule has 1 aromatic carbocycles. The molecule has 0 saturated carbocycles. The number of carbonyl (C=O) groups is 1. The van der Waals surface area contributed by atoms with Crippen LogP contribution in [0, 0.1) is 0 Å². The summed E-state index contributed by atoms with van der Waals surface area (Å²) in [5.41, 5.74) is 11.9. The summed E-state index contributed by atoms with van der Waals surface area (Å²) >= 11 is 5.98. The van der Waals surface area contributed by atoms with Gasteiger partial charge in [-0.1, -0.05) is 30.7 Å². The summed E-state index contributed by atoms with van der Waals surface area (Å²) in [7, 11) is 0. The van der Waals surface area contributed by atoms with Crippen LogP contribution in [0.15, 0.2) is 30.6 Å². The fourth-order valence-electron chi connectivity index (χ4n) is 1.77. The second-order valence-corrected chi connectivity index (χ2v) is 5.40. The van der Waals surface area contributed by atoms with Crippen LogP contribution in [0.1, 0.15) is 30.6 Å². The van der Waals surface area contributed by atoms with Gasteiger partial charge in [-0.05, 0) is 25.5 Å². The van der Waals surface area contributed by atoms with E-state index in [4.69, 9.17) is 17.3 Å². The maximum atomic E-state index is 12.1. The molecule has 2 aromatic rings. The summed E-state index contributed by atoms with van der Waals surface area (Å²) in [6, 6.07) is 6.97. The smallest absolute Gasteiger partial charge is 0.271 e. The number of hydrogen-bond donors (Lipinski definition) is 4. The molecule has 1 amide bonds. The number of hydrogen-bond acceptors (Lipinski definition) is 6. The predicted molar refractivity (Wildman–Crippen MR) is 92.4 cm³/mol. The average molecular weight is 335 g/mol. The molecule has 0 saturated heterocycles. The van der Waals surface area contributed by atoms with E-state index in [-0.39, 0.29) is 11.9 Å². The molecule has 122 valence electrons. The number of amides is 1. The summed E-state index contributed by atoms with van der Waals surface area (Å²) in [5, 5.41) is 3.54. The van der Waals surface area contributed by atoms with Gasteiger partial charge in [0.25, 0.3) is 5.91 Å². The molecular formula is C15H19ClN6O. The molecule has 1 heterocycles. The van der Waals surface area contributed by atoms with Crippen molar-refractivity contribution in [1.82, 2.24) is 15.4 Å². The van der Waals surface area contributed by atoms with E-state index >= 15 is 0 Å². The summed E-state index contributed by atoms with van der Waals surface area (Å²) in [6.07, 6.45) is 2.29. The van der Waals surface area contributed by atoms with E-state index in [0.29, 0.717) is 27.9 Å². The Morgan fingerprint density at radius 2 is 2.00 bits per heavy atom. The standard InChI is InChI=1S/C15H19ClN6O/c1-3-9(2)20-13-12(17)14(19-8-18-13)21-22-15(23)10-6-4-5-7-11(10)16/h4-9H,3,17H2,1-2H3,(H,22,23)(H2,18,19,20,21). The summed E-state index contributed by atoms with van der Waals surface area (Å²) in [4.78, 5) is 20.2. The minimum atomic E-state index is -0.384. The Morgan fingerprint density at radius 3 is 2.70 bits per heavy atom. The first-order valence-electron chi connectivity index (χ1n) is 7.20. The van der Waals surface area contributed by atoms with Gasteiger partial charge in [0.1, 0.15) is 12.0 Å². The van der Waals surface area contributed by atoms with Gasteiger partial charge in [0.05, 0.1) is 10.6 Å². The maximum absolute atomic E-state index is 12.1. The SMILES string of the molecule is CCC(C)Nc1ncnc(NNC(=O)c2ccccc2Cl)c1N. The predicted octanol–water partition coefficient (Wildman–Crippen LogP) is 2.68. The molecule has 1 aromatic heterocycles. The number of aromatic nitrogens is 2. The van der Waals surface area contributed by atoms with Gasteiger partial charge in [0, 0.05) is 6.04 Å². The third kappa shape index (κ3) is 4.23. The van der Waals surface area contributed by atoms with Crippen molar-refractivity contribution in [2.24, 2.45) is 0 Å². The van der Waals surface area contributed by atoms with Crippen molar-refractivity contribution in [3.8, 4) is 0 Å². The zero-order valence-electron chi connectivity index (χ0n) is 12.9. The Kier molecular flexibility index (Phi) is 5.59.